The van der Waals surface area contributed by atoms with Gasteiger partial charge in [-0.1, -0.05) is 0 Å². The second-order valence-electron chi connectivity index (χ2n) is 2.16. The van der Waals surface area contributed by atoms with Crippen LogP contribution in [0.15, 0.2) is 10.5 Å². The molecule has 0 amide bonds. The third-order valence-corrected chi connectivity index (χ3v) is 1.82. The van der Waals surface area contributed by atoms with Crippen molar-refractivity contribution in [2.75, 3.05) is 0 Å². The Labute approximate surface area is 57.7 Å². The first-order valence-corrected chi connectivity index (χ1v) is 3.81. The summed E-state index contributed by atoms with van der Waals surface area (Å²) < 4.78 is 5.34. The Morgan fingerprint density at radius 2 is 2.22 bits per heavy atom. The molecule has 0 fully saturated rings. The predicted octanol–water partition coefficient (Wildman–Crippen LogP) is 2.27. The van der Waals surface area contributed by atoms with Crippen LogP contribution >= 0.6 is 9.24 Å². The fourth-order valence-corrected chi connectivity index (χ4v) is 0.951. The second-order valence-corrected chi connectivity index (χ2v) is 2.56. The molecule has 0 bridgehead atoms. The largest absolute Gasteiger partial charge is 0.466 e. The van der Waals surface area contributed by atoms with E-state index in [1.165, 1.54) is 5.56 Å². The molecule has 1 heterocycles. The van der Waals surface area contributed by atoms with E-state index >= 15 is 0 Å². The molecule has 1 nitrogen and oxygen atoms in total. The SMILES string of the molecule is Cc1cc(CP)oc1C. The molecule has 0 spiro atoms. The molecule has 1 atom stereocenters. The van der Waals surface area contributed by atoms with Gasteiger partial charge in [0.15, 0.2) is 0 Å². The highest BCUT2D eigenvalue weighted by molar-refractivity contribution is 7.15. The molecule has 0 aliphatic carbocycles. The maximum absolute atomic E-state index is 5.34. The van der Waals surface area contributed by atoms with E-state index in [1.807, 2.05) is 6.92 Å². The molecule has 0 aromatic carbocycles. The topological polar surface area (TPSA) is 13.1 Å². The van der Waals surface area contributed by atoms with Crippen molar-refractivity contribution in [1.82, 2.24) is 0 Å². The van der Waals surface area contributed by atoms with Gasteiger partial charge in [0.25, 0.3) is 0 Å². The lowest BCUT2D eigenvalue weighted by atomic mass is 10.3. The Balaban J connectivity index is 2.98. The van der Waals surface area contributed by atoms with E-state index in [4.69, 9.17) is 4.42 Å². The molecule has 9 heavy (non-hydrogen) atoms. The fourth-order valence-electron chi connectivity index (χ4n) is 0.750. The fraction of sp³-hybridized carbons (Fsp3) is 0.429. The molecule has 0 aliphatic rings. The number of aryl methyl sites for hydroxylation is 2. The lowest BCUT2D eigenvalue weighted by Crippen LogP contribution is -1.63. The van der Waals surface area contributed by atoms with Gasteiger partial charge >= 0.3 is 0 Å². The molecule has 50 valence electrons. The summed E-state index contributed by atoms with van der Waals surface area (Å²) in [6.07, 6.45) is 0.911. The van der Waals surface area contributed by atoms with E-state index < -0.39 is 0 Å². The number of furan rings is 1. The molecule has 0 saturated heterocycles. The first kappa shape index (κ1) is 6.82. The zero-order valence-corrected chi connectivity index (χ0v) is 6.92. The maximum atomic E-state index is 5.34. The zero-order valence-electron chi connectivity index (χ0n) is 5.77. The van der Waals surface area contributed by atoms with Crippen LogP contribution in [0.3, 0.4) is 0 Å². The Morgan fingerprint density at radius 3 is 2.44 bits per heavy atom. The average molecular weight is 142 g/mol. The van der Waals surface area contributed by atoms with E-state index in [0.29, 0.717) is 0 Å². The van der Waals surface area contributed by atoms with Crippen LogP contribution in [-0.4, -0.2) is 0 Å². The lowest BCUT2D eigenvalue weighted by Gasteiger charge is -1.83. The van der Waals surface area contributed by atoms with Crippen LogP contribution in [0.1, 0.15) is 17.1 Å². The second kappa shape index (κ2) is 2.53. The molecule has 1 aromatic heterocycles. The van der Waals surface area contributed by atoms with Gasteiger partial charge in [-0.3, -0.25) is 0 Å². The van der Waals surface area contributed by atoms with E-state index in [1.54, 1.807) is 0 Å². The summed E-state index contributed by atoms with van der Waals surface area (Å²) in [5, 5.41) is 0. The monoisotopic (exact) mass is 142 g/mol. The quantitative estimate of drug-likeness (QED) is 0.548. The van der Waals surface area contributed by atoms with Crippen molar-refractivity contribution in [3.63, 3.8) is 0 Å². The predicted molar refractivity (Wildman–Crippen MR) is 41.6 cm³/mol. The van der Waals surface area contributed by atoms with Crippen molar-refractivity contribution in [3.8, 4) is 0 Å². The van der Waals surface area contributed by atoms with E-state index in [2.05, 4.69) is 22.2 Å². The summed E-state index contributed by atoms with van der Waals surface area (Å²) in [6.45, 7) is 4.04. The van der Waals surface area contributed by atoms with Gasteiger partial charge in [0, 0.05) is 6.16 Å². The van der Waals surface area contributed by atoms with Gasteiger partial charge < -0.3 is 4.42 Å². The van der Waals surface area contributed by atoms with Crippen LogP contribution in [0.25, 0.3) is 0 Å². The van der Waals surface area contributed by atoms with Crippen molar-refractivity contribution in [1.29, 1.82) is 0 Å². The van der Waals surface area contributed by atoms with Crippen molar-refractivity contribution < 1.29 is 4.42 Å². The molecule has 0 aliphatic heterocycles. The summed E-state index contributed by atoms with van der Waals surface area (Å²) in [6, 6.07) is 2.07. The van der Waals surface area contributed by atoms with Gasteiger partial charge in [-0.05, 0) is 25.5 Å². The van der Waals surface area contributed by atoms with Crippen LogP contribution in [-0.2, 0) is 6.16 Å². The van der Waals surface area contributed by atoms with Crippen LogP contribution < -0.4 is 0 Å². The zero-order chi connectivity index (χ0) is 6.85. The standard InChI is InChI=1S/C7H11OP/c1-5-3-7(4-9)8-6(5)2/h3H,4,9H2,1-2H3. The third kappa shape index (κ3) is 1.34. The molecule has 1 rings (SSSR count). The minimum absolute atomic E-state index is 0.911. The lowest BCUT2D eigenvalue weighted by molar-refractivity contribution is 0.499. The summed E-state index contributed by atoms with van der Waals surface area (Å²) in [5.74, 6) is 2.09. The first-order valence-electron chi connectivity index (χ1n) is 3.00. The normalized spacial score (nSPS) is 10.1. The molecule has 0 saturated carbocycles. The van der Waals surface area contributed by atoms with Crippen molar-refractivity contribution in [2.45, 2.75) is 20.0 Å². The smallest absolute Gasteiger partial charge is 0.108 e. The molecular formula is C7H11OP. The molecule has 0 N–H and O–H groups in total. The van der Waals surface area contributed by atoms with Crippen LogP contribution in [0, 0.1) is 13.8 Å². The summed E-state index contributed by atoms with van der Waals surface area (Å²) in [7, 11) is 2.64. The Bertz CT molecular complexity index is 183. The van der Waals surface area contributed by atoms with E-state index in [0.717, 1.165) is 17.7 Å². The third-order valence-electron chi connectivity index (χ3n) is 1.42. The van der Waals surface area contributed by atoms with Gasteiger partial charge in [0.2, 0.25) is 0 Å². The van der Waals surface area contributed by atoms with Crippen molar-refractivity contribution in [2.24, 2.45) is 0 Å². The first-order chi connectivity index (χ1) is 4.24. The van der Waals surface area contributed by atoms with Gasteiger partial charge in [-0.15, -0.1) is 9.24 Å². The van der Waals surface area contributed by atoms with Gasteiger partial charge in [0.05, 0.1) is 0 Å². The van der Waals surface area contributed by atoms with Crippen LogP contribution in [0.5, 0.6) is 0 Å². The highest BCUT2D eigenvalue weighted by Crippen LogP contribution is 2.14. The summed E-state index contributed by atoms with van der Waals surface area (Å²) in [4.78, 5) is 0. The van der Waals surface area contributed by atoms with Crippen LogP contribution in [0.4, 0.5) is 0 Å². The van der Waals surface area contributed by atoms with Gasteiger partial charge in [-0.25, -0.2) is 0 Å². The minimum atomic E-state index is 0.911. The molecule has 1 unspecified atom stereocenters. The van der Waals surface area contributed by atoms with Crippen molar-refractivity contribution in [3.05, 3.63) is 23.2 Å². The van der Waals surface area contributed by atoms with Crippen LogP contribution in [0.2, 0.25) is 0 Å². The minimum Gasteiger partial charge on any atom is -0.466 e. The highest BCUT2D eigenvalue weighted by atomic mass is 31.0. The molecule has 2 heteroatoms. The highest BCUT2D eigenvalue weighted by Gasteiger charge is 1.98. The number of hydrogen-bond acceptors (Lipinski definition) is 1. The van der Waals surface area contributed by atoms with E-state index in [-0.39, 0.29) is 0 Å². The maximum Gasteiger partial charge on any atom is 0.108 e. The molecule has 0 radical (unpaired) electrons. The Morgan fingerprint density at radius 1 is 1.56 bits per heavy atom. The summed E-state index contributed by atoms with van der Waals surface area (Å²) >= 11 is 0. The number of rotatable bonds is 1. The molecular weight excluding hydrogens is 131 g/mol. The number of hydrogen-bond donors (Lipinski definition) is 0. The Kier molecular flexibility index (Phi) is 1.92. The van der Waals surface area contributed by atoms with Gasteiger partial charge in [0.1, 0.15) is 11.5 Å². The van der Waals surface area contributed by atoms with Gasteiger partial charge in [-0.2, -0.15) is 0 Å². The molecule has 1 aromatic rings. The van der Waals surface area contributed by atoms with Crippen molar-refractivity contribution >= 4 is 9.24 Å². The Hall–Kier alpha value is -0.290. The average Bonchev–Trinajstić information content (AvgIpc) is 2.13. The van der Waals surface area contributed by atoms with E-state index in [9.17, 15) is 0 Å². The summed E-state index contributed by atoms with van der Waals surface area (Å²) in [5.41, 5.74) is 1.24.